The van der Waals surface area contributed by atoms with E-state index >= 15 is 0 Å². The van der Waals surface area contributed by atoms with Crippen molar-refractivity contribution in [2.45, 2.75) is 19.9 Å². The molecule has 1 heterocycles. The van der Waals surface area contributed by atoms with Crippen molar-refractivity contribution >= 4 is 17.4 Å². The summed E-state index contributed by atoms with van der Waals surface area (Å²) in [6, 6.07) is 1.79. The quantitative estimate of drug-likeness (QED) is 0.842. The Morgan fingerprint density at radius 2 is 1.95 bits per heavy atom. The van der Waals surface area contributed by atoms with Crippen LogP contribution in [0.1, 0.15) is 24.2 Å². The normalized spacial score (nSPS) is 14.5. The van der Waals surface area contributed by atoms with Crippen molar-refractivity contribution in [2.75, 3.05) is 18.0 Å². The van der Waals surface area contributed by atoms with Crippen molar-refractivity contribution in [1.29, 1.82) is 0 Å². The molecule has 6 heteroatoms. The highest BCUT2D eigenvalue weighted by molar-refractivity contribution is 6.52. The molecule has 0 spiro atoms. The number of hydrogen-bond donors (Lipinski definition) is 1. The molecule has 0 unspecified atom stereocenters. The van der Waals surface area contributed by atoms with Crippen LogP contribution in [-0.4, -0.2) is 30.8 Å². The van der Waals surface area contributed by atoms with Gasteiger partial charge in [-0.1, -0.05) is 13.8 Å². The maximum atomic E-state index is 13.7. The van der Waals surface area contributed by atoms with Crippen LogP contribution in [0.3, 0.4) is 0 Å². The van der Waals surface area contributed by atoms with Gasteiger partial charge >= 0.3 is 0 Å². The van der Waals surface area contributed by atoms with E-state index in [1.165, 1.54) is 0 Å². The second-order valence-electron chi connectivity index (χ2n) is 4.68. The largest absolute Gasteiger partial charge is 0.313 e. The van der Waals surface area contributed by atoms with E-state index in [1.807, 2.05) is 13.8 Å². The molecule has 0 saturated carbocycles. The van der Waals surface area contributed by atoms with Gasteiger partial charge in [-0.05, 0) is 6.07 Å². The molecule has 0 bridgehead atoms. The van der Waals surface area contributed by atoms with Crippen molar-refractivity contribution in [3.05, 3.63) is 29.3 Å². The topological polar surface area (TPSA) is 49.4 Å². The number of hydrogen-bond acceptors (Lipinski definition) is 3. The molecule has 1 aliphatic rings. The third-order valence-electron chi connectivity index (χ3n) is 2.87. The molecule has 1 aromatic rings. The number of rotatable bonds is 4. The molecular weight excluding hydrogens is 254 g/mol. The highest BCUT2D eigenvalue weighted by Crippen LogP contribution is 2.32. The lowest BCUT2D eigenvalue weighted by Crippen LogP contribution is -2.38. The summed E-state index contributed by atoms with van der Waals surface area (Å²) in [4.78, 5) is 24.5. The lowest BCUT2D eigenvalue weighted by molar-refractivity contribution is -0.114. The zero-order valence-electron chi connectivity index (χ0n) is 10.7. The predicted octanol–water partition coefficient (Wildman–Crippen LogP) is 1.49. The molecule has 0 aliphatic carbocycles. The monoisotopic (exact) mass is 268 g/mol. The van der Waals surface area contributed by atoms with Crippen molar-refractivity contribution in [1.82, 2.24) is 5.32 Å². The van der Waals surface area contributed by atoms with Crippen LogP contribution in [0, 0.1) is 11.6 Å². The molecule has 0 fully saturated rings. The Bertz CT molecular complexity index is 544. The summed E-state index contributed by atoms with van der Waals surface area (Å²) in [6.45, 7) is 4.45. The zero-order valence-corrected chi connectivity index (χ0v) is 10.7. The Kier molecular flexibility index (Phi) is 3.61. The van der Waals surface area contributed by atoms with E-state index in [1.54, 1.807) is 0 Å². The molecule has 19 heavy (non-hydrogen) atoms. The molecule has 0 saturated heterocycles. The Morgan fingerprint density at radius 1 is 1.26 bits per heavy atom. The smallest absolute Gasteiger partial charge is 0.299 e. The van der Waals surface area contributed by atoms with Gasteiger partial charge in [-0.2, -0.15) is 0 Å². The number of nitrogens with one attached hydrogen (secondary N) is 1. The Labute approximate surface area is 109 Å². The van der Waals surface area contributed by atoms with Crippen LogP contribution in [0.2, 0.25) is 0 Å². The highest BCUT2D eigenvalue weighted by atomic mass is 19.1. The third kappa shape index (κ3) is 2.49. The first-order valence-corrected chi connectivity index (χ1v) is 6.00. The minimum Gasteiger partial charge on any atom is -0.313 e. The fourth-order valence-corrected chi connectivity index (χ4v) is 2.03. The first-order chi connectivity index (χ1) is 8.91. The standard InChI is InChI=1S/C13H14F2N2O2/c1-7(2)16-3-4-17-11-9(12(18)13(17)19)5-8(14)6-10(11)15/h5-7,16H,3-4H2,1-2H3. The minimum atomic E-state index is -0.890. The summed E-state index contributed by atoms with van der Waals surface area (Å²) in [6.07, 6.45) is 0. The van der Waals surface area contributed by atoms with E-state index in [9.17, 15) is 18.4 Å². The van der Waals surface area contributed by atoms with Crippen LogP contribution < -0.4 is 10.2 Å². The second kappa shape index (κ2) is 5.05. The number of nitrogens with zero attached hydrogens (tertiary/aromatic N) is 1. The maximum Gasteiger partial charge on any atom is 0.299 e. The summed E-state index contributed by atoms with van der Waals surface area (Å²) >= 11 is 0. The van der Waals surface area contributed by atoms with Crippen LogP contribution in [-0.2, 0) is 4.79 Å². The summed E-state index contributed by atoms with van der Waals surface area (Å²) in [5.74, 6) is -3.43. The fourth-order valence-electron chi connectivity index (χ4n) is 2.03. The van der Waals surface area contributed by atoms with E-state index in [4.69, 9.17) is 0 Å². The minimum absolute atomic E-state index is 0.123. The van der Waals surface area contributed by atoms with Crippen molar-refractivity contribution in [3.8, 4) is 0 Å². The van der Waals surface area contributed by atoms with Crippen LogP contribution in [0.5, 0.6) is 0 Å². The number of fused-ring (bicyclic) bond motifs is 1. The summed E-state index contributed by atoms with van der Waals surface area (Å²) in [5, 5.41) is 3.07. The average Bonchev–Trinajstić information content (AvgIpc) is 2.54. The van der Waals surface area contributed by atoms with Gasteiger partial charge in [0.15, 0.2) is 5.82 Å². The lowest BCUT2D eigenvalue weighted by atomic mass is 10.1. The zero-order chi connectivity index (χ0) is 14.2. The van der Waals surface area contributed by atoms with Crippen molar-refractivity contribution in [2.24, 2.45) is 0 Å². The van der Waals surface area contributed by atoms with Gasteiger partial charge in [-0.15, -0.1) is 0 Å². The van der Waals surface area contributed by atoms with Crippen molar-refractivity contribution in [3.63, 3.8) is 0 Å². The van der Waals surface area contributed by atoms with Gasteiger partial charge in [0, 0.05) is 25.2 Å². The number of ketones is 1. The molecule has 4 nitrogen and oxygen atoms in total. The summed E-state index contributed by atoms with van der Waals surface area (Å²) < 4.78 is 26.8. The van der Waals surface area contributed by atoms with Crippen LogP contribution in [0.25, 0.3) is 0 Å². The molecule has 102 valence electrons. The third-order valence-corrected chi connectivity index (χ3v) is 2.87. The van der Waals surface area contributed by atoms with E-state index < -0.39 is 23.3 Å². The first-order valence-electron chi connectivity index (χ1n) is 6.00. The highest BCUT2D eigenvalue weighted by Gasteiger charge is 2.38. The number of carbonyl (C=O) groups excluding carboxylic acids is 2. The number of amides is 1. The fraction of sp³-hybridized carbons (Fsp3) is 0.385. The van der Waals surface area contributed by atoms with Gasteiger partial charge in [-0.3, -0.25) is 9.59 Å². The van der Waals surface area contributed by atoms with Gasteiger partial charge < -0.3 is 10.2 Å². The number of carbonyl (C=O) groups is 2. The molecule has 0 radical (unpaired) electrons. The van der Waals surface area contributed by atoms with Crippen molar-refractivity contribution < 1.29 is 18.4 Å². The van der Waals surface area contributed by atoms with Gasteiger partial charge in [0.1, 0.15) is 5.82 Å². The lowest BCUT2D eigenvalue weighted by Gasteiger charge is -2.18. The first kappa shape index (κ1) is 13.6. The summed E-state index contributed by atoms with van der Waals surface area (Å²) in [7, 11) is 0. The molecule has 1 N–H and O–H groups in total. The molecule has 1 aliphatic heterocycles. The molecule has 1 aromatic carbocycles. The van der Waals surface area contributed by atoms with Crippen LogP contribution in [0.4, 0.5) is 14.5 Å². The predicted molar refractivity (Wildman–Crippen MR) is 66.2 cm³/mol. The number of Topliss-reactive ketones (excluding diaryl/α,β-unsaturated/α-hetero) is 1. The average molecular weight is 268 g/mol. The molecule has 2 rings (SSSR count). The molecule has 0 atom stereocenters. The van der Waals surface area contributed by atoms with E-state index in [0.717, 1.165) is 11.0 Å². The van der Waals surface area contributed by atoms with E-state index in [-0.39, 0.29) is 23.8 Å². The number of halogens is 2. The van der Waals surface area contributed by atoms with Crippen LogP contribution >= 0.6 is 0 Å². The van der Waals surface area contributed by atoms with E-state index in [0.29, 0.717) is 12.6 Å². The maximum absolute atomic E-state index is 13.7. The SMILES string of the molecule is CC(C)NCCN1C(=O)C(=O)c2cc(F)cc(F)c21. The van der Waals surface area contributed by atoms with Gasteiger partial charge in [-0.25, -0.2) is 8.78 Å². The van der Waals surface area contributed by atoms with E-state index in [2.05, 4.69) is 5.32 Å². The Morgan fingerprint density at radius 3 is 2.58 bits per heavy atom. The van der Waals surface area contributed by atoms with Gasteiger partial charge in [0.05, 0.1) is 11.3 Å². The molecule has 0 aromatic heterocycles. The van der Waals surface area contributed by atoms with Gasteiger partial charge in [0.2, 0.25) is 0 Å². The second-order valence-corrected chi connectivity index (χ2v) is 4.68. The molecule has 1 amide bonds. The number of anilines is 1. The van der Waals surface area contributed by atoms with Gasteiger partial charge in [0.25, 0.3) is 11.7 Å². The Balaban J connectivity index is 2.28. The molecular formula is C13H14F2N2O2. The number of benzene rings is 1. The van der Waals surface area contributed by atoms with Crippen LogP contribution in [0.15, 0.2) is 12.1 Å². The Hall–Kier alpha value is -1.82. The summed E-state index contributed by atoms with van der Waals surface area (Å²) in [5.41, 5.74) is -0.325.